The van der Waals surface area contributed by atoms with Crippen LogP contribution >= 0.6 is 11.3 Å². The minimum atomic E-state index is -0.695. The SMILES string of the molecule is O=C(c1ccccc1)c1nc(-c2c(F)cccc2F)cs1. The Morgan fingerprint density at radius 3 is 2.29 bits per heavy atom. The van der Waals surface area contributed by atoms with E-state index in [-0.39, 0.29) is 22.0 Å². The maximum absolute atomic E-state index is 13.7. The molecule has 0 saturated carbocycles. The normalized spacial score (nSPS) is 10.6. The molecule has 21 heavy (non-hydrogen) atoms. The Labute approximate surface area is 123 Å². The van der Waals surface area contributed by atoms with Gasteiger partial charge in [0.1, 0.15) is 11.6 Å². The number of ketones is 1. The lowest BCUT2D eigenvalue weighted by molar-refractivity contribution is 0.103. The number of rotatable bonds is 3. The van der Waals surface area contributed by atoms with E-state index >= 15 is 0 Å². The number of hydrogen-bond acceptors (Lipinski definition) is 3. The van der Waals surface area contributed by atoms with Crippen LogP contribution < -0.4 is 0 Å². The van der Waals surface area contributed by atoms with Gasteiger partial charge in [0.25, 0.3) is 0 Å². The fourth-order valence-corrected chi connectivity index (χ4v) is 2.72. The molecule has 0 N–H and O–H groups in total. The molecule has 0 atom stereocenters. The van der Waals surface area contributed by atoms with Gasteiger partial charge in [-0.25, -0.2) is 13.8 Å². The molecule has 0 bridgehead atoms. The third kappa shape index (κ3) is 2.60. The quantitative estimate of drug-likeness (QED) is 0.674. The molecular formula is C16H9F2NOS. The van der Waals surface area contributed by atoms with Crippen LogP contribution in [0.1, 0.15) is 15.4 Å². The lowest BCUT2D eigenvalue weighted by atomic mass is 10.1. The van der Waals surface area contributed by atoms with Crippen LogP contribution in [-0.4, -0.2) is 10.8 Å². The zero-order chi connectivity index (χ0) is 14.8. The third-order valence-electron chi connectivity index (χ3n) is 2.95. The number of aromatic nitrogens is 1. The van der Waals surface area contributed by atoms with E-state index in [4.69, 9.17) is 0 Å². The lowest BCUT2D eigenvalue weighted by Gasteiger charge is -2.00. The summed E-state index contributed by atoms with van der Waals surface area (Å²) >= 11 is 1.07. The molecule has 3 aromatic rings. The molecule has 0 fully saturated rings. The second kappa shape index (κ2) is 5.54. The van der Waals surface area contributed by atoms with Crippen molar-refractivity contribution in [3.05, 3.63) is 76.1 Å². The predicted octanol–water partition coefficient (Wildman–Crippen LogP) is 4.32. The molecule has 0 unspecified atom stereocenters. The Morgan fingerprint density at radius 2 is 1.62 bits per heavy atom. The number of nitrogens with zero attached hydrogens (tertiary/aromatic N) is 1. The summed E-state index contributed by atoms with van der Waals surface area (Å²) in [6, 6.07) is 12.3. The van der Waals surface area contributed by atoms with E-state index in [0.29, 0.717) is 5.56 Å². The van der Waals surface area contributed by atoms with Crippen molar-refractivity contribution in [2.24, 2.45) is 0 Å². The summed E-state index contributed by atoms with van der Waals surface area (Å²) in [5, 5.41) is 1.69. The third-order valence-corrected chi connectivity index (χ3v) is 3.79. The molecule has 0 aliphatic heterocycles. The highest BCUT2D eigenvalue weighted by molar-refractivity contribution is 7.12. The first-order chi connectivity index (χ1) is 10.2. The van der Waals surface area contributed by atoms with Crippen molar-refractivity contribution in [2.75, 3.05) is 0 Å². The van der Waals surface area contributed by atoms with Gasteiger partial charge in [0.2, 0.25) is 5.78 Å². The average molecular weight is 301 g/mol. The highest BCUT2D eigenvalue weighted by Gasteiger charge is 2.18. The number of carbonyl (C=O) groups excluding carboxylic acids is 1. The Morgan fingerprint density at radius 1 is 0.952 bits per heavy atom. The van der Waals surface area contributed by atoms with Crippen molar-refractivity contribution in [2.45, 2.75) is 0 Å². The van der Waals surface area contributed by atoms with E-state index in [2.05, 4.69) is 4.98 Å². The van der Waals surface area contributed by atoms with Crippen LogP contribution in [0.3, 0.4) is 0 Å². The van der Waals surface area contributed by atoms with Crippen LogP contribution in [0, 0.1) is 11.6 Å². The van der Waals surface area contributed by atoms with E-state index in [1.807, 2.05) is 0 Å². The van der Waals surface area contributed by atoms with Gasteiger partial charge in [0, 0.05) is 10.9 Å². The van der Waals surface area contributed by atoms with Gasteiger partial charge in [-0.1, -0.05) is 36.4 Å². The van der Waals surface area contributed by atoms with Crippen molar-refractivity contribution in [1.29, 1.82) is 0 Å². The van der Waals surface area contributed by atoms with Gasteiger partial charge in [-0.15, -0.1) is 11.3 Å². The van der Waals surface area contributed by atoms with Crippen molar-refractivity contribution in [3.8, 4) is 11.3 Å². The van der Waals surface area contributed by atoms with Crippen LogP contribution in [0.2, 0.25) is 0 Å². The highest BCUT2D eigenvalue weighted by atomic mass is 32.1. The maximum Gasteiger partial charge on any atom is 0.221 e. The number of halogens is 2. The van der Waals surface area contributed by atoms with E-state index < -0.39 is 11.6 Å². The lowest BCUT2D eigenvalue weighted by Crippen LogP contribution is -2.00. The summed E-state index contributed by atoms with van der Waals surface area (Å²) < 4.78 is 27.4. The van der Waals surface area contributed by atoms with Crippen molar-refractivity contribution < 1.29 is 13.6 Å². The molecule has 0 saturated heterocycles. The summed E-state index contributed by atoms with van der Waals surface area (Å²) in [5.74, 6) is -1.65. The van der Waals surface area contributed by atoms with Gasteiger partial charge < -0.3 is 0 Å². The monoisotopic (exact) mass is 301 g/mol. The Balaban J connectivity index is 2.00. The van der Waals surface area contributed by atoms with Crippen LogP contribution in [0.15, 0.2) is 53.9 Å². The molecule has 2 nitrogen and oxygen atoms in total. The average Bonchev–Trinajstić information content (AvgIpc) is 2.97. The fourth-order valence-electron chi connectivity index (χ4n) is 1.95. The molecule has 0 radical (unpaired) electrons. The summed E-state index contributed by atoms with van der Waals surface area (Å²) in [6.45, 7) is 0. The summed E-state index contributed by atoms with van der Waals surface area (Å²) in [4.78, 5) is 16.3. The van der Waals surface area contributed by atoms with Crippen molar-refractivity contribution in [1.82, 2.24) is 4.98 Å². The molecule has 0 amide bonds. The summed E-state index contributed by atoms with van der Waals surface area (Å²) in [6.07, 6.45) is 0. The first kappa shape index (κ1) is 13.6. The first-order valence-corrected chi connectivity index (χ1v) is 7.04. The molecule has 0 spiro atoms. The highest BCUT2D eigenvalue weighted by Crippen LogP contribution is 2.28. The zero-order valence-electron chi connectivity index (χ0n) is 10.7. The van der Waals surface area contributed by atoms with Crippen molar-refractivity contribution >= 4 is 17.1 Å². The van der Waals surface area contributed by atoms with E-state index in [0.717, 1.165) is 23.5 Å². The van der Waals surface area contributed by atoms with Crippen LogP contribution in [0.25, 0.3) is 11.3 Å². The largest absolute Gasteiger partial charge is 0.286 e. The summed E-state index contributed by atoms with van der Waals surface area (Å²) in [7, 11) is 0. The standard InChI is InChI=1S/C16H9F2NOS/c17-11-7-4-8-12(18)14(11)13-9-21-16(19-13)15(20)10-5-2-1-3-6-10/h1-9H. The van der Waals surface area contributed by atoms with Gasteiger partial charge in [-0.3, -0.25) is 4.79 Å². The minimum Gasteiger partial charge on any atom is -0.286 e. The van der Waals surface area contributed by atoms with Gasteiger partial charge in [-0.05, 0) is 12.1 Å². The molecule has 0 aliphatic carbocycles. The van der Waals surface area contributed by atoms with Gasteiger partial charge in [-0.2, -0.15) is 0 Å². The minimum absolute atomic E-state index is 0.134. The molecule has 104 valence electrons. The molecule has 1 heterocycles. The first-order valence-electron chi connectivity index (χ1n) is 6.16. The molecular weight excluding hydrogens is 292 g/mol. The Kier molecular flexibility index (Phi) is 3.58. The molecule has 3 rings (SSSR count). The molecule has 1 aromatic heterocycles. The van der Waals surface area contributed by atoms with Gasteiger partial charge in [0.15, 0.2) is 5.01 Å². The molecule has 2 aromatic carbocycles. The van der Waals surface area contributed by atoms with Crippen LogP contribution in [0.4, 0.5) is 8.78 Å². The maximum atomic E-state index is 13.7. The molecule has 5 heteroatoms. The van der Waals surface area contributed by atoms with Gasteiger partial charge in [0.05, 0.1) is 11.3 Å². The smallest absolute Gasteiger partial charge is 0.221 e. The fraction of sp³-hybridized carbons (Fsp3) is 0. The number of thiazole rings is 1. The Bertz CT molecular complexity index is 779. The van der Waals surface area contributed by atoms with Crippen LogP contribution in [0.5, 0.6) is 0 Å². The second-order valence-electron chi connectivity index (χ2n) is 4.33. The van der Waals surface area contributed by atoms with E-state index in [1.54, 1.807) is 30.3 Å². The zero-order valence-corrected chi connectivity index (χ0v) is 11.5. The predicted molar refractivity (Wildman–Crippen MR) is 77.3 cm³/mol. The summed E-state index contributed by atoms with van der Waals surface area (Å²) in [5.41, 5.74) is 0.420. The number of carbonyl (C=O) groups is 1. The molecule has 0 aliphatic rings. The van der Waals surface area contributed by atoms with Crippen molar-refractivity contribution in [3.63, 3.8) is 0 Å². The second-order valence-corrected chi connectivity index (χ2v) is 5.19. The number of benzene rings is 2. The van der Waals surface area contributed by atoms with Crippen LogP contribution in [-0.2, 0) is 0 Å². The topological polar surface area (TPSA) is 30.0 Å². The Hall–Kier alpha value is -2.40. The number of hydrogen-bond donors (Lipinski definition) is 0. The van der Waals surface area contributed by atoms with E-state index in [1.165, 1.54) is 11.4 Å². The van der Waals surface area contributed by atoms with Gasteiger partial charge >= 0.3 is 0 Å². The van der Waals surface area contributed by atoms with E-state index in [9.17, 15) is 13.6 Å².